The fraction of sp³-hybridized carbons (Fsp3) is 0.500. The van der Waals surface area contributed by atoms with Gasteiger partial charge in [-0.15, -0.1) is 0 Å². The molecule has 0 unspecified atom stereocenters. The molecule has 0 spiro atoms. The van der Waals surface area contributed by atoms with Gasteiger partial charge in [-0.05, 0) is 63.1 Å². The molecule has 0 saturated carbocycles. The molecule has 8 rings (SSSR count). The van der Waals surface area contributed by atoms with Crippen LogP contribution in [0.3, 0.4) is 0 Å². The van der Waals surface area contributed by atoms with E-state index in [0.29, 0.717) is 0 Å². The summed E-state index contributed by atoms with van der Waals surface area (Å²) in [5.41, 5.74) is 2.78. The summed E-state index contributed by atoms with van der Waals surface area (Å²) in [5, 5.41) is 0. The first-order chi connectivity index (χ1) is 40.0. The summed E-state index contributed by atoms with van der Waals surface area (Å²) in [6.07, 6.45) is 8.23. The molecule has 4 bridgehead atoms. The van der Waals surface area contributed by atoms with Crippen LogP contribution in [0.2, 0.25) is 0 Å². The first kappa shape index (κ1) is 75.7. The number of rotatable bonds is 9. The Bertz CT molecular complexity index is 2420. The molecule has 0 radical (unpaired) electrons. The molecule has 86 heavy (non-hydrogen) atoms. The summed E-state index contributed by atoms with van der Waals surface area (Å²) >= 11 is 0. The molecular formula is C52H70F12N2O18P2. The Morgan fingerprint density at radius 3 is 0.674 bits per heavy atom. The van der Waals surface area contributed by atoms with Crippen LogP contribution in [0.4, 0.5) is 50.4 Å². The summed E-state index contributed by atoms with van der Waals surface area (Å²) in [5.74, 6) is -2.21. The number of halogens is 12. The Balaban J connectivity index is 0.000000726. The summed E-state index contributed by atoms with van der Waals surface area (Å²) in [6, 6.07) is 14.0. The average Bonchev–Trinajstić information content (AvgIpc) is 1.53. The quantitative estimate of drug-likeness (QED) is 0.0502. The first-order valence-corrected chi connectivity index (χ1v) is 30.1. The normalized spacial score (nSPS) is 16.3. The van der Waals surface area contributed by atoms with E-state index in [0.717, 1.165) is 0 Å². The van der Waals surface area contributed by atoms with Crippen molar-refractivity contribution >= 4 is 39.5 Å². The van der Waals surface area contributed by atoms with Crippen LogP contribution in [0.25, 0.3) is 11.1 Å². The fourth-order valence-electron chi connectivity index (χ4n) is 6.38. The first-order valence-electron chi connectivity index (χ1n) is 26.1. The van der Waals surface area contributed by atoms with Crippen molar-refractivity contribution in [3.8, 4) is 34.1 Å². The van der Waals surface area contributed by atoms with Gasteiger partial charge in [0.2, 0.25) is 0 Å². The summed E-state index contributed by atoms with van der Waals surface area (Å²) in [7, 11) is -17.3. The van der Waals surface area contributed by atoms with Crippen molar-refractivity contribution in [2.75, 3.05) is 132 Å². The maximum atomic E-state index is 12.9. The van der Waals surface area contributed by atoms with Gasteiger partial charge in [0.25, 0.3) is 0 Å². The van der Waals surface area contributed by atoms with Gasteiger partial charge < -0.3 is 66.3 Å². The van der Waals surface area contributed by atoms with Crippen LogP contribution >= 0.6 is 15.6 Å². The molecule has 20 nitrogen and oxygen atoms in total. The van der Waals surface area contributed by atoms with Crippen LogP contribution in [0.15, 0.2) is 73.3 Å². The van der Waals surface area contributed by atoms with Gasteiger partial charge in [-0.3, -0.25) is 0 Å². The van der Waals surface area contributed by atoms with Gasteiger partial charge in [0.05, 0.1) is 106 Å². The van der Waals surface area contributed by atoms with Gasteiger partial charge in [0.15, 0.2) is 24.8 Å². The Morgan fingerprint density at radius 2 is 0.512 bits per heavy atom. The van der Waals surface area contributed by atoms with Crippen molar-refractivity contribution in [1.29, 1.82) is 0 Å². The van der Waals surface area contributed by atoms with Gasteiger partial charge in [-0.1, -0.05) is 0 Å². The number of pyridine rings is 2. The molecule has 0 atom stereocenters. The zero-order valence-corrected chi connectivity index (χ0v) is 49.5. The molecule has 6 heterocycles. The van der Waals surface area contributed by atoms with E-state index in [1.54, 1.807) is 27.7 Å². The number of aryl methyl sites for hydroxylation is 2. The number of aromatic nitrogens is 2. The average molecular weight is 1300 g/mol. The Hall–Kier alpha value is -6.40. The molecule has 0 saturated heterocycles. The number of hydrogen-bond acceptors (Lipinski definition) is 18. The second-order valence-corrected chi connectivity index (χ2v) is 20.9. The van der Waals surface area contributed by atoms with Crippen molar-refractivity contribution < 1.29 is 145 Å². The van der Waals surface area contributed by atoms with Crippen molar-refractivity contribution in [2.45, 2.75) is 27.7 Å². The monoisotopic (exact) mass is 1300 g/mol. The molecule has 4 aliphatic rings. The van der Waals surface area contributed by atoms with Crippen LogP contribution < -0.4 is 28.1 Å². The van der Waals surface area contributed by atoms with Crippen molar-refractivity contribution in [3.63, 3.8) is 0 Å². The third-order valence-corrected chi connectivity index (χ3v) is 9.86. The third kappa shape index (κ3) is 37.9. The predicted octanol–water partition coefficient (Wildman–Crippen LogP) is 11.5. The second-order valence-electron chi connectivity index (χ2n) is 17.1. The van der Waals surface area contributed by atoms with Crippen LogP contribution in [-0.4, -0.2) is 156 Å². The van der Waals surface area contributed by atoms with E-state index >= 15 is 0 Å². The Morgan fingerprint density at radius 1 is 0.349 bits per heavy atom. The summed E-state index contributed by atoms with van der Waals surface area (Å²) in [4.78, 5) is 51.5. The number of hydrogen-bond donors (Lipinski definition) is 0. The number of benzene rings is 2. The van der Waals surface area contributed by atoms with E-state index in [1.165, 1.54) is 35.4 Å². The molecule has 490 valence electrons. The van der Waals surface area contributed by atoms with E-state index in [9.17, 15) is 69.5 Å². The molecule has 4 aromatic rings. The van der Waals surface area contributed by atoms with Crippen molar-refractivity contribution in [1.82, 2.24) is 0 Å². The van der Waals surface area contributed by atoms with E-state index in [-0.39, 0.29) is 177 Å². The number of carbonyl (C=O) groups is 4. The third-order valence-electron chi connectivity index (χ3n) is 9.86. The topological polar surface area (TPSA) is 205 Å². The van der Waals surface area contributed by atoms with E-state index in [4.69, 9.17) is 66.3 Å². The Kier molecular flexibility index (Phi) is 30.1. The number of carbonyl (C=O) groups excluding carboxylic acids is 4. The molecule has 2 aromatic carbocycles. The van der Waals surface area contributed by atoms with Gasteiger partial charge >= 0.3 is 89.9 Å². The molecule has 4 aliphatic heterocycles. The van der Waals surface area contributed by atoms with Gasteiger partial charge in [-0.25, -0.2) is 28.3 Å². The molecule has 34 heteroatoms. The van der Waals surface area contributed by atoms with Crippen LogP contribution in [-0.2, 0) is 61.5 Å². The molecule has 0 aliphatic carbocycles. The Labute approximate surface area is 487 Å². The van der Waals surface area contributed by atoms with E-state index in [2.05, 4.69) is 49.1 Å². The van der Waals surface area contributed by atoms with E-state index < -0.39 is 39.5 Å². The predicted molar refractivity (Wildman–Crippen MR) is 285 cm³/mol. The van der Waals surface area contributed by atoms with E-state index in [1.807, 2.05) is 23.2 Å². The van der Waals surface area contributed by atoms with Crippen LogP contribution in [0.5, 0.6) is 23.0 Å². The SMILES string of the molecule is CCOC(=O)c1cc2c(C(=O)OCC)cc1OCCOCCOCCOCCOc1cc(C(=O)OCC)c(cc1C(=O)OCC)OCCOCCOCCOCCO2.C[n+]1ccc(-c2cc[n+](C)cc2)cc1.F[P-](F)(F)(F)(F)F.F[P-](F)(F)(F)(F)F. The van der Waals surface area contributed by atoms with Crippen LogP contribution in [0.1, 0.15) is 69.1 Å². The second kappa shape index (κ2) is 34.2. The van der Waals surface area contributed by atoms with Crippen molar-refractivity contribution in [3.05, 3.63) is 95.6 Å². The van der Waals surface area contributed by atoms with Gasteiger partial charge in [0, 0.05) is 24.3 Å². The molecule has 2 aromatic heterocycles. The fourth-order valence-corrected chi connectivity index (χ4v) is 6.38. The number of esters is 4. The summed E-state index contributed by atoms with van der Waals surface area (Å²) < 4.78 is 200. The van der Waals surface area contributed by atoms with Crippen molar-refractivity contribution in [2.24, 2.45) is 14.1 Å². The summed E-state index contributed by atoms with van der Waals surface area (Å²) in [6.45, 7) is 10.1. The molecular weight excluding hydrogens is 1230 g/mol. The standard InChI is InChI=1S/C40H56O18.C12H14N2.2F6P/c1-5-51-37(41)29-25-34-30(38(42)52-6-2)26-33(29)55-21-17-47-13-9-45-11-15-49-19-23-57-35-27-32(40(44)54-8-4)36(28-31(35)39(43)53-7-3)58-24-20-50-16-12-46-10-14-48-18-22-56-34;1-13-7-3-11(4-8-13)12-5-9-14(2)10-6-12;2*1-7(2,3,4,5)6/h25-28H,5-24H2,1-4H3;3-10H,1-2H3;;/q;+2;2*-1. The van der Waals surface area contributed by atoms with Crippen LogP contribution in [0, 0.1) is 0 Å². The number of ether oxygens (including phenoxy) is 14. The zero-order chi connectivity index (χ0) is 64.6. The van der Waals surface area contributed by atoms with Gasteiger partial charge in [-0.2, -0.15) is 0 Å². The maximum absolute atomic E-state index is 12.9. The minimum absolute atomic E-state index is 0.0505. The minimum atomic E-state index is -10.7. The zero-order valence-electron chi connectivity index (χ0n) is 47.7. The van der Waals surface area contributed by atoms with Gasteiger partial charge in [0.1, 0.15) is 85.8 Å². The molecule has 0 fully saturated rings. The molecule has 0 amide bonds. The number of nitrogens with zero attached hydrogens (tertiary/aromatic N) is 2. The molecule has 0 N–H and O–H groups in total.